The smallest absolute Gasteiger partial charge is 0.286 e. The van der Waals surface area contributed by atoms with E-state index < -0.39 is 0 Å². The Kier molecular flexibility index (Phi) is 5.64. The number of nitrogens with zero attached hydrogens (tertiary/aromatic N) is 3. The average Bonchev–Trinajstić information content (AvgIpc) is 3.37. The highest BCUT2D eigenvalue weighted by atomic mass is 16.3. The second-order valence-corrected chi connectivity index (χ2v) is 7.65. The van der Waals surface area contributed by atoms with Crippen LogP contribution in [-0.4, -0.2) is 45.9 Å². The number of amides is 2. The molecule has 0 unspecified atom stereocenters. The summed E-state index contributed by atoms with van der Waals surface area (Å²) < 4.78 is 7.09. The van der Waals surface area contributed by atoms with Crippen LogP contribution < -0.4 is 5.32 Å². The van der Waals surface area contributed by atoms with E-state index in [2.05, 4.69) is 12.2 Å². The second kappa shape index (κ2) is 8.51. The molecule has 0 saturated carbocycles. The van der Waals surface area contributed by atoms with Crippen LogP contribution in [0, 0.1) is 5.92 Å². The fraction of sp³-hybridized carbons (Fsp3) is 0.409. The van der Waals surface area contributed by atoms with Crippen LogP contribution in [0.15, 0.2) is 47.1 Å². The lowest BCUT2D eigenvalue weighted by Crippen LogP contribution is -2.40. The maximum absolute atomic E-state index is 12.9. The third kappa shape index (κ3) is 4.34. The molecule has 1 saturated heterocycles. The first-order chi connectivity index (χ1) is 14.1. The van der Waals surface area contributed by atoms with Crippen LogP contribution >= 0.6 is 0 Å². The number of nitrogens with one attached hydrogen (secondary N) is 1. The Balaban J connectivity index is 1.47. The average molecular weight is 394 g/mol. The van der Waals surface area contributed by atoms with Gasteiger partial charge in [0.05, 0.1) is 17.3 Å². The molecule has 1 fully saturated rings. The predicted octanol–water partition coefficient (Wildman–Crippen LogP) is 2.86. The number of aromatic nitrogens is 2. The molecule has 0 atom stereocenters. The number of fused-ring (bicyclic) bond motifs is 1. The van der Waals surface area contributed by atoms with Gasteiger partial charge in [-0.05, 0) is 43.0 Å². The van der Waals surface area contributed by atoms with Crippen molar-refractivity contribution in [3.05, 3.63) is 54.2 Å². The molecule has 0 aliphatic carbocycles. The van der Waals surface area contributed by atoms with Crippen molar-refractivity contribution in [2.24, 2.45) is 5.92 Å². The van der Waals surface area contributed by atoms with Crippen molar-refractivity contribution in [3.63, 3.8) is 0 Å². The third-order valence-electron chi connectivity index (χ3n) is 5.54. The lowest BCUT2D eigenvalue weighted by Gasteiger charge is -2.30. The van der Waals surface area contributed by atoms with Gasteiger partial charge in [0.1, 0.15) is 12.4 Å². The van der Waals surface area contributed by atoms with Crippen molar-refractivity contribution in [1.82, 2.24) is 19.8 Å². The normalized spacial score (nSPS) is 15.0. The van der Waals surface area contributed by atoms with Gasteiger partial charge in [0.2, 0.25) is 5.91 Å². The van der Waals surface area contributed by atoms with Gasteiger partial charge in [-0.2, -0.15) is 0 Å². The van der Waals surface area contributed by atoms with Crippen molar-refractivity contribution in [2.75, 3.05) is 19.6 Å². The summed E-state index contributed by atoms with van der Waals surface area (Å²) in [5.41, 5.74) is 1.80. The fourth-order valence-electron chi connectivity index (χ4n) is 3.77. The molecule has 0 radical (unpaired) electrons. The molecule has 0 bridgehead atoms. The first kappa shape index (κ1) is 19.2. The Morgan fingerprint density at radius 2 is 1.97 bits per heavy atom. The van der Waals surface area contributed by atoms with Crippen molar-refractivity contribution < 1.29 is 14.0 Å². The minimum Gasteiger partial charge on any atom is -0.459 e. The zero-order valence-electron chi connectivity index (χ0n) is 16.6. The zero-order chi connectivity index (χ0) is 20.2. The molecule has 2 amide bonds. The van der Waals surface area contributed by atoms with Gasteiger partial charge in [-0.3, -0.25) is 9.59 Å². The Hall–Kier alpha value is -3.09. The minimum absolute atomic E-state index is 0.126. The van der Waals surface area contributed by atoms with Gasteiger partial charge in [-0.25, -0.2) is 4.98 Å². The molecule has 2 aromatic heterocycles. The standard InChI is InChI=1S/C22H26N4O3/c1-16-9-12-25(13-10-16)21(27)15-26-18-6-3-2-5-17(18)24-20(26)8-11-23-22(28)19-7-4-14-29-19/h2-7,14,16H,8-13,15H2,1H3,(H,23,28). The molecule has 1 aliphatic rings. The van der Waals surface area contributed by atoms with Crippen molar-refractivity contribution in [1.29, 1.82) is 0 Å². The predicted molar refractivity (Wildman–Crippen MR) is 109 cm³/mol. The van der Waals surface area contributed by atoms with Gasteiger partial charge in [-0.15, -0.1) is 0 Å². The van der Waals surface area contributed by atoms with E-state index in [1.54, 1.807) is 12.1 Å². The van der Waals surface area contributed by atoms with Crippen LogP contribution in [0.4, 0.5) is 0 Å². The summed E-state index contributed by atoms with van der Waals surface area (Å²) in [6.45, 7) is 4.57. The molecular weight excluding hydrogens is 368 g/mol. The van der Waals surface area contributed by atoms with E-state index in [4.69, 9.17) is 9.40 Å². The number of benzene rings is 1. The van der Waals surface area contributed by atoms with Crippen LogP contribution in [0.1, 0.15) is 36.1 Å². The molecule has 152 valence electrons. The highest BCUT2D eigenvalue weighted by Crippen LogP contribution is 2.19. The fourth-order valence-corrected chi connectivity index (χ4v) is 3.77. The second-order valence-electron chi connectivity index (χ2n) is 7.65. The number of likely N-dealkylation sites (tertiary alicyclic amines) is 1. The topological polar surface area (TPSA) is 80.4 Å². The summed E-state index contributed by atoms with van der Waals surface area (Å²) >= 11 is 0. The summed E-state index contributed by atoms with van der Waals surface area (Å²) in [7, 11) is 0. The summed E-state index contributed by atoms with van der Waals surface area (Å²) in [6, 6.07) is 11.1. The minimum atomic E-state index is -0.254. The molecule has 1 aliphatic heterocycles. The highest BCUT2D eigenvalue weighted by Gasteiger charge is 2.22. The number of piperidine rings is 1. The molecule has 3 heterocycles. The molecule has 0 spiro atoms. The highest BCUT2D eigenvalue weighted by molar-refractivity contribution is 5.91. The van der Waals surface area contributed by atoms with Crippen LogP contribution in [0.2, 0.25) is 0 Å². The van der Waals surface area contributed by atoms with Crippen LogP contribution in [0.3, 0.4) is 0 Å². The number of hydrogen-bond acceptors (Lipinski definition) is 4. The van der Waals surface area contributed by atoms with Crippen molar-refractivity contribution in [3.8, 4) is 0 Å². The Labute approximate surface area is 169 Å². The molecule has 4 rings (SSSR count). The summed E-state index contributed by atoms with van der Waals surface area (Å²) in [5.74, 6) is 1.64. The lowest BCUT2D eigenvalue weighted by atomic mass is 9.99. The number of carbonyl (C=O) groups is 2. The number of carbonyl (C=O) groups excluding carboxylic acids is 2. The van der Waals surface area contributed by atoms with Crippen LogP contribution in [0.25, 0.3) is 11.0 Å². The summed E-state index contributed by atoms with van der Waals surface area (Å²) in [5, 5.41) is 2.85. The van der Waals surface area contributed by atoms with Gasteiger partial charge >= 0.3 is 0 Å². The van der Waals surface area contributed by atoms with Gasteiger partial charge in [0.15, 0.2) is 5.76 Å². The number of furan rings is 1. The molecule has 29 heavy (non-hydrogen) atoms. The molecule has 1 N–H and O–H groups in total. The van der Waals surface area contributed by atoms with Gasteiger partial charge in [-0.1, -0.05) is 19.1 Å². The zero-order valence-corrected chi connectivity index (χ0v) is 16.6. The van der Waals surface area contributed by atoms with E-state index in [9.17, 15) is 9.59 Å². The molecule has 1 aromatic carbocycles. The van der Waals surface area contributed by atoms with Crippen LogP contribution in [-0.2, 0) is 17.8 Å². The van der Waals surface area contributed by atoms with Crippen molar-refractivity contribution >= 4 is 22.8 Å². The summed E-state index contributed by atoms with van der Waals surface area (Å²) in [6.07, 6.45) is 4.12. The number of imidazole rings is 1. The van der Waals surface area contributed by atoms with E-state index in [1.165, 1.54) is 6.26 Å². The van der Waals surface area contributed by atoms with Gasteiger partial charge < -0.3 is 19.2 Å². The SMILES string of the molecule is CC1CCN(C(=O)Cn2c(CCNC(=O)c3ccco3)nc3ccccc32)CC1. The lowest BCUT2D eigenvalue weighted by molar-refractivity contribution is -0.133. The van der Waals surface area contributed by atoms with Gasteiger partial charge in [0, 0.05) is 26.1 Å². The quantitative estimate of drug-likeness (QED) is 0.697. The van der Waals surface area contributed by atoms with E-state index in [0.29, 0.717) is 18.9 Å². The maximum Gasteiger partial charge on any atom is 0.286 e. The van der Waals surface area contributed by atoms with Crippen LogP contribution in [0.5, 0.6) is 0 Å². The monoisotopic (exact) mass is 394 g/mol. The van der Waals surface area contributed by atoms with Gasteiger partial charge in [0.25, 0.3) is 5.91 Å². The Morgan fingerprint density at radius 1 is 1.17 bits per heavy atom. The first-order valence-corrected chi connectivity index (χ1v) is 10.2. The number of rotatable bonds is 6. The van der Waals surface area contributed by atoms with Crippen molar-refractivity contribution in [2.45, 2.75) is 32.7 Å². The molecular formula is C22H26N4O3. The molecule has 7 nitrogen and oxygen atoms in total. The van der Waals surface area contributed by atoms with E-state index >= 15 is 0 Å². The molecule has 7 heteroatoms. The Morgan fingerprint density at radius 3 is 2.72 bits per heavy atom. The Bertz CT molecular complexity index is 985. The third-order valence-corrected chi connectivity index (χ3v) is 5.54. The van der Waals surface area contributed by atoms with E-state index in [-0.39, 0.29) is 24.1 Å². The summed E-state index contributed by atoms with van der Waals surface area (Å²) in [4.78, 5) is 31.6. The molecule has 3 aromatic rings. The number of hydrogen-bond donors (Lipinski definition) is 1. The first-order valence-electron chi connectivity index (χ1n) is 10.2. The van der Waals surface area contributed by atoms with E-state index in [1.807, 2.05) is 33.7 Å². The number of para-hydroxylation sites is 2. The maximum atomic E-state index is 12.9. The van der Waals surface area contributed by atoms with E-state index in [0.717, 1.165) is 42.8 Å². The largest absolute Gasteiger partial charge is 0.459 e.